The highest BCUT2D eigenvalue weighted by Crippen LogP contribution is 2.53. The number of nitrogens with one attached hydrogen (secondary N) is 1. The zero-order valence-corrected chi connectivity index (χ0v) is 33.1. The molecule has 0 spiro atoms. The molecule has 0 unspecified atom stereocenters. The Morgan fingerprint density at radius 3 is 1.40 bits per heavy atom. The maximum Gasteiger partial charge on any atom is 0.312 e. The van der Waals surface area contributed by atoms with Gasteiger partial charge in [0.2, 0.25) is 5.78 Å². The smallest absolute Gasteiger partial charge is 0.312 e. The van der Waals surface area contributed by atoms with Crippen molar-refractivity contribution in [3.8, 4) is 11.5 Å². The summed E-state index contributed by atoms with van der Waals surface area (Å²) in [7, 11) is -1.02. The third-order valence-electron chi connectivity index (χ3n) is 9.99. The second kappa shape index (κ2) is 17.7. The molecule has 1 N–H and O–H groups in total. The molecule has 0 radical (unpaired) electrons. The van der Waals surface area contributed by atoms with Crippen molar-refractivity contribution < 1.29 is 23.6 Å². The SMILES string of the molecule is COc1cc(OC)cc(C(=O)c2c(C)c(C(=O)NP(=O)(N(Cc3ccccc3)Cc3ccccc3)N(Cc3ccccc3)Cc3ccccc3)c3ccccn23)c1. The molecule has 0 bridgehead atoms. The van der Waals surface area contributed by atoms with Gasteiger partial charge in [0.1, 0.15) is 11.5 Å². The first-order valence-corrected chi connectivity index (χ1v) is 20.3. The van der Waals surface area contributed by atoms with Gasteiger partial charge in [0, 0.05) is 44.0 Å². The molecule has 9 nitrogen and oxygen atoms in total. The molecule has 0 aliphatic carbocycles. The number of hydrogen-bond donors (Lipinski definition) is 1. The highest BCUT2D eigenvalue weighted by Gasteiger charge is 2.41. The van der Waals surface area contributed by atoms with Crippen molar-refractivity contribution in [1.82, 2.24) is 18.8 Å². The number of carbonyl (C=O) groups is 2. The highest BCUT2D eigenvalue weighted by molar-refractivity contribution is 7.57. The van der Waals surface area contributed by atoms with Gasteiger partial charge in [0.25, 0.3) is 5.91 Å². The number of benzene rings is 5. The molecule has 0 fully saturated rings. The van der Waals surface area contributed by atoms with Gasteiger partial charge < -0.3 is 13.9 Å². The summed E-state index contributed by atoms with van der Waals surface area (Å²) in [4.78, 5) is 29.6. The van der Waals surface area contributed by atoms with Crippen LogP contribution in [0.1, 0.15) is 54.2 Å². The Hall–Kier alpha value is -6.25. The minimum Gasteiger partial charge on any atom is -0.497 e. The predicted octanol–water partition coefficient (Wildman–Crippen LogP) is 9.74. The number of methoxy groups -OCH3 is 2. The Morgan fingerprint density at radius 1 is 0.596 bits per heavy atom. The lowest BCUT2D eigenvalue weighted by Gasteiger charge is -2.39. The topological polar surface area (TPSA) is 92.6 Å². The molecule has 1 amide bonds. The summed E-state index contributed by atoms with van der Waals surface area (Å²) in [6, 6.07) is 49.9. The predicted molar refractivity (Wildman–Crippen MR) is 224 cm³/mol. The highest BCUT2D eigenvalue weighted by atomic mass is 31.2. The Balaban J connectivity index is 1.39. The average molecular weight is 777 g/mol. The zero-order valence-electron chi connectivity index (χ0n) is 32.2. The maximum atomic E-state index is 16.6. The van der Waals surface area contributed by atoms with Crippen LogP contribution in [0.3, 0.4) is 0 Å². The Kier molecular flexibility index (Phi) is 12.1. The minimum atomic E-state index is -4.07. The second-order valence-corrected chi connectivity index (χ2v) is 16.3. The van der Waals surface area contributed by atoms with Crippen LogP contribution in [0.25, 0.3) is 5.52 Å². The number of aromatic nitrogens is 1. The standard InChI is InChI=1S/C47H45N4O5P/c1-35-44(43-26-16-17-27-51(43)45(35)46(52)40-28-41(55-2)30-42(29-40)56-3)47(53)48-57(54,49(31-36-18-8-4-9-19-36)32-37-20-10-5-11-21-37)50(33-38-22-12-6-13-23-38)34-39-24-14-7-15-25-39/h4-30H,31-34H2,1-3H3,(H,48,53,54). The van der Waals surface area contributed by atoms with E-state index < -0.39 is 13.5 Å². The van der Waals surface area contributed by atoms with E-state index in [0.717, 1.165) is 22.3 Å². The molecule has 10 heteroatoms. The van der Waals surface area contributed by atoms with Gasteiger partial charge in [-0.15, -0.1) is 0 Å². The lowest BCUT2D eigenvalue weighted by Crippen LogP contribution is -2.40. The van der Waals surface area contributed by atoms with Crippen molar-refractivity contribution in [3.05, 3.63) is 209 Å². The van der Waals surface area contributed by atoms with Crippen molar-refractivity contribution in [2.75, 3.05) is 14.2 Å². The van der Waals surface area contributed by atoms with Crippen molar-refractivity contribution in [3.63, 3.8) is 0 Å². The first-order chi connectivity index (χ1) is 27.8. The van der Waals surface area contributed by atoms with E-state index in [1.807, 2.05) is 143 Å². The van der Waals surface area contributed by atoms with Gasteiger partial charge in [0.05, 0.1) is 31.0 Å². The van der Waals surface area contributed by atoms with Crippen molar-refractivity contribution in [2.24, 2.45) is 0 Å². The summed E-state index contributed by atoms with van der Waals surface area (Å²) in [5, 5.41) is 3.16. The van der Waals surface area contributed by atoms with Gasteiger partial charge in [-0.1, -0.05) is 127 Å². The third-order valence-corrected chi connectivity index (χ3v) is 12.6. The van der Waals surface area contributed by atoms with Crippen LogP contribution in [-0.4, -0.2) is 39.7 Å². The first-order valence-electron chi connectivity index (χ1n) is 18.7. The van der Waals surface area contributed by atoms with Gasteiger partial charge in [-0.2, -0.15) is 0 Å². The van der Waals surface area contributed by atoms with Crippen LogP contribution in [0.2, 0.25) is 0 Å². The summed E-state index contributed by atoms with van der Waals surface area (Å²) in [5.74, 6) is 0.0460. The Bertz CT molecular complexity index is 2310. The largest absolute Gasteiger partial charge is 0.497 e. The summed E-state index contributed by atoms with van der Waals surface area (Å²) < 4.78 is 33.0. The van der Waals surface area contributed by atoms with E-state index >= 15 is 9.36 Å². The number of fused-ring (bicyclic) bond motifs is 1. The molecular formula is C47H45N4O5P. The third kappa shape index (κ3) is 8.77. The first kappa shape index (κ1) is 39.0. The van der Waals surface area contributed by atoms with Crippen LogP contribution in [0, 0.1) is 6.92 Å². The summed E-state index contributed by atoms with van der Waals surface area (Å²) >= 11 is 0. The van der Waals surface area contributed by atoms with Crippen molar-refractivity contribution in [1.29, 1.82) is 0 Å². The molecule has 7 rings (SSSR count). The molecule has 288 valence electrons. The Labute approximate surface area is 333 Å². The van der Waals surface area contributed by atoms with Crippen LogP contribution >= 0.6 is 7.59 Å². The van der Waals surface area contributed by atoms with Crippen LogP contribution in [-0.2, 0) is 30.7 Å². The number of hydrogen-bond acceptors (Lipinski definition) is 5. The summed E-state index contributed by atoms with van der Waals surface area (Å²) in [5.41, 5.74) is 5.61. The molecule has 0 saturated heterocycles. The van der Waals surface area contributed by atoms with Gasteiger partial charge in [0.15, 0.2) is 0 Å². The van der Waals surface area contributed by atoms with E-state index in [0.29, 0.717) is 33.8 Å². The van der Waals surface area contributed by atoms with E-state index in [-0.39, 0.29) is 37.5 Å². The van der Waals surface area contributed by atoms with Gasteiger partial charge >= 0.3 is 7.59 Å². The van der Waals surface area contributed by atoms with Crippen LogP contribution < -0.4 is 14.6 Å². The second-order valence-electron chi connectivity index (χ2n) is 13.8. The van der Waals surface area contributed by atoms with Crippen molar-refractivity contribution in [2.45, 2.75) is 33.1 Å². The van der Waals surface area contributed by atoms with Crippen LogP contribution in [0.4, 0.5) is 0 Å². The number of ether oxygens (including phenoxy) is 2. The van der Waals surface area contributed by atoms with Gasteiger partial charge in [-0.05, 0) is 59.0 Å². The van der Waals surface area contributed by atoms with Gasteiger partial charge in [-0.25, -0.2) is 9.34 Å². The van der Waals surface area contributed by atoms with Gasteiger partial charge in [-0.3, -0.25) is 19.2 Å². The Morgan fingerprint density at radius 2 is 1.00 bits per heavy atom. The van der Waals surface area contributed by atoms with E-state index in [4.69, 9.17) is 9.47 Å². The number of pyridine rings is 1. The fourth-order valence-corrected chi connectivity index (χ4v) is 9.59. The van der Waals surface area contributed by atoms with E-state index in [1.54, 1.807) is 41.8 Å². The number of nitrogens with zero attached hydrogens (tertiary/aromatic N) is 3. The minimum absolute atomic E-state index is 0.257. The molecule has 0 atom stereocenters. The van der Waals surface area contributed by atoms with Crippen molar-refractivity contribution >= 4 is 24.8 Å². The molecule has 2 heterocycles. The molecular weight excluding hydrogens is 732 g/mol. The van der Waals surface area contributed by atoms with E-state index in [1.165, 1.54) is 14.2 Å². The fourth-order valence-electron chi connectivity index (χ4n) is 7.15. The molecule has 0 saturated carbocycles. The van der Waals surface area contributed by atoms with Crippen LogP contribution in [0.5, 0.6) is 11.5 Å². The number of carbonyl (C=O) groups excluding carboxylic acids is 2. The molecule has 57 heavy (non-hydrogen) atoms. The molecule has 7 aromatic rings. The zero-order chi connectivity index (χ0) is 39.8. The van der Waals surface area contributed by atoms with Crippen LogP contribution in [0.15, 0.2) is 164 Å². The van der Waals surface area contributed by atoms with E-state index in [9.17, 15) is 4.79 Å². The lowest BCUT2D eigenvalue weighted by molar-refractivity contribution is 0.0973. The number of amides is 1. The normalized spacial score (nSPS) is 11.5. The van der Waals surface area contributed by atoms with E-state index in [2.05, 4.69) is 5.09 Å². The quantitative estimate of drug-likeness (QED) is 0.0772. The monoisotopic (exact) mass is 776 g/mol. The summed E-state index contributed by atoms with van der Waals surface area (Å²) in [6.07, 6.45) is 1.76. The molecule has 2 aromatic heterocycles. The maximum absolute atomic E-state index is 16.6. The number of rotatable bonds is 16. The molecule has 5 aromatic carbocycles. The summed E-state index contributed by atoms with van der Waals surface area (Å²) in [6.45, 7) is 2.89. The molecule has 0 aliphatic heterocycles. The number of ketones is 1. The average Bonchev–Trinajstić information content (AvgIpc) is 3.55. The fraction of sp³-hybridized carbons (Fsp3) is 0.149. The lowest BCUT2D eigenvalue weighted by atomic mass is 10.0. The molecule has 0 aliphatic rings.